The highest BCUT2D eigenvalue weighted by Gasteiger charge is 2.34. The van der Waals surface area contributed by atoms with Crippen LogP contribution in [0.5, 0.6) is 0 Å². The summed E-state index contributed by atoms with van der Waals surface area (Å²) in [5.74, 6) is 0.366. The zero-order valence-corrected chi connectivity index (χ0v) is 9.78. The van der Waals surface area contributed by atoms with Gasteiger partial charge in [0.05, 0.1) is 17.5 Å². The minimum Gasteiger partial charge on any atom is -0.387 e. The van der Waals surface area contributed by atoms with E-state index < -0.39 is 6.10 Å². The maximum atomic E-state index is 9.85. The average Bonchev–Trinajstić information content (AvgIpc) is 2.41. The van der Waals surface area contributed by atoms with Gasteiger partial charge in [0, 0.05) is 11.0 Å². The van der Waals surface area contributed by atoms with Gasteiger partial charge in [-0.3, -0.25) is 0 Å². The molecule has 1 aliphatic rings. The highest BCUT2D eigenvalue weighted by Crippen LogP contribution is 2.42. The fraction of sp³-hybridized carbons (Fsp3) is 0.667. The quantitative estimate of drug-likeness (QED) is 0.708. The molecule has 0 amide bonds. The zero-order chi connectivity index (χ0) is 11.2. The van der Waals surface area contributed by atoms with Crippen molar-refractivity contribution in [3.8, 4) is 0 Å². The minimum absolute atomic E-state index is 0.0192. The molecule has 3 nitrogen and oxygen atoms in total. The molecule has 1 aromatic rings. The molecule has 1 aliphatic carbocycles. The van der Waals surface area contributed by atoms with Gasteiger partial charge in [-0.1, -0.05) is 27.7 Å². The minimum atomic E-state index is -0.404. The molecule has 0 bridgehead atoms. The van der Waals surface area contributed by atoms with Crippen LogP contribution in [0, 0.1) is 0 Å². The van der Waals surface area contributed by atoms with Crippen LogP contribution in [0.4, 0.5) is 0 Å². The van der Waals surface area contributed by atoms with Gasteiger partial charge in [0.15, 0.2) is 0 Å². The van der Waals surface area contributed by atoms with Crippen LogP contribution in [0.15, 0.2) is 6.33 Å². The summed E-state index contributed by atoms with van der Waals surface area (Å²) < 4.78 is 0. The number of hydrogen-bond acceptors (Lipinski definition) is 3. The smallest absolute Gasteiger partial charge is 0.116 e. The maximum absolute atomic E-state index is 9.85. The van der Waals surface area contributed by atoms with E-state index in [9.17, 15) is 5.11 Å². The Morgan fingerprint density at radius 1 is 1.33 bits per heavy atom. The summed E-state index contributed by atoms with van der Waals surface area (Å²) in [6.45, 7) is 8.57. The molecule has 82 valence electrons. The molecule has 15 heavy (non-hydrogen) atoms. The molecule has 1 aromatic heterocycles. The summed E-state index contributed by atoms with van der Waals surface area (Å²) in [4.78, 5) is 8.59. The summed E-state index contributed by atoms with van der Waals surface area (Å²) in [5.41, 5.74) is 3.10. The van der Waals surface area contributed by atoms with E-state index in [4.69, 9.17) is 0 Å². The van der Waals surface area contributed by atoms with Crippen molar-refractivity contribution >= 4 is 0 Å². The lowest BCUT2D eigenvalue weighted by Gasteiger charge is -2.22. The predicted octanol–water partition coefficient (Wildman–Crippen LogP) is 2.31. The lowest BCUT2D eigenvalue weighted by Crippen LogP contribution is -2.18. The van der Waals surface area contributed by atoms with E-state index >= 15 is 0 Å². The standard InChI is InChI=1S/C12H18N2O/c1-7-5-8(15)10-9(7)11(12(2,3)4)14-6-13-10/h6-8,15H,5H2,1-4H3/t7-,8+/m1/s1. The summed E-state index contributed by atoms with van der Waals surface area (Å²) in [5, 5.41) is 9.85. The van der Waals surface area contributed by atoms with E-state index in [1.807, 2.05) is 0 Å². The van der Waals surface area contributed by atoms with Crippen molar-refractivity contribution in [1.82, 2.24) is 9.97 Å². The van der Waals surface area contributed by atoms with Crippen molar-refractivity contribution in [3.63, 3.8) is 0 Å². The van der Waals surface area contributed by atoms with Crippen molar-refractivity contribution < 1.29 is 5.11 Å². The van der Waals surface area contributed by atoms with Crippen molar-refractivity contribution in [2.24, 2.45) is 0 Å². The van der Waals surface area contributed by atoms with E-state index in [-0.39, 0.29) is 5.41 Å². The van der Waals surface area contributed by atoms with Gasteiger partial charge in [-0.2, -0.15) is 0 Å². The number of hydrogen-bond donors (Lipinski definition) is 1. The van der Waals surface area contributed by atoms with Crippen LogP contribution in [0.1, 0.15) is 63.1 Å². The van der Waals surface area contributed by atoms with Crippen LogP contribution in [0.3, 0.4) is 0 Å². The topological polar surface area (TPSA) is 46.0 Å². The fourth-order valence-electron chi connectivity index (χ4n) is 2.32. The van der Waals surface area contributed by atoms with Crippen molar-refractivity contribution in [1.29, 1.82) is 0 Å². The van der Waals surface area contributed by atoms with Crippen LogP contribution in [0.2, 0.25) is 0 Å². The molecule has 0 aromatic carbocycles. The van der Waals surface area contributed by atoms with Gasteiger partial charge >= 0.3 is 0 Å². The molecule has 3 heteroatoms. The van der Waals surface area contributed by atoms with E-state index in [2.05, 4.69) is 37.7 Å². The van der Waals surface area contributed by atoms with Crippen LogP contribution in [-0.2, 0) is 5.41 Å². The molecule has 1 N–H and O–H groups in total. The number of aromatic nitrogens is 2. The molecule has 0 saturated heterocycles. The Morgan fingerprint density at radius 3 is 2.60 bits per heavy atom. The molecule has 0 unspecified atom stereocenters. The molecule has 0 spiro atoms. The molecular weight excluding hydrogens is 188 g/mol. The molecule has 1 heterocycles. The summed E-state index contributed by atoms with van der Waals surface area (Å²) in [6, 6.07) is 0. The number of fused-ring (bicyclic) bond motifs is 1. The van der Waals surface area contributed by atoms with E-state index in [0.717, 1.165) is 23.4 Å². The average molecular weight is 206 g/mol. The largest absolute Gasteiger partial charge is 0.387 e. The van der Waals surface area contributed by atoms with Gasteiger partial charge in [0.2, 0.25) is 0 Å². The third-order valence-electron chi connectivity index (χ3n) is 3.01. The van der Waals surface area contributed by atoms with Gasteiger partial charge in [-0.25, -0.2) is 9.97 Å². The van der Waals surface area contributed by atoms with Crippen LogP contribution in [-0.4, -0.2) is 15.1 Å². The van der Waals surface area contributed by atoms with Gasteiger partial charge in [-0.05, 0) is 12.3 Å². The Bertz CT molecular complexity index is 382. The molecule has 2 rings (SSSR count). The van der Waals surface area contributed by atoms with Crippen molar-refractivity contribution in [2.45, 2.75) is 51.6 Å². The summed E-state index contributed by atoms with van der Waals surface area (Å²) in [6.07, 6.45) is 1.94. The zero-order valence-electron chi connectivity index (χ0n) is 9.78. The first-order valence-corrected chi connectivity index (χ1v) is 5.44. The molecule has 0 radical (unpaired) electrons. The van der Waals surface area contributed by atoms with Crippen molar-refractivity contribution in [2.75, 3.05) is 0 Å². The third kappa shape index (κ3) is 1.65. The monoisotopic (exact) mass is 206 g/mol. The first-order valence-electron chi connectivity index (χ1n) is 5.44. The number of aliphatic hydroxyl groups excluding tert-OH is 1. The second-order valence-electron chi connectivity index (χ2n) is 5.42. The third-order valence-corrected chi connectivity index (χ3v) is 3.01. The maximum Gasteiger partial charge on any atom is 0.116 e. The lowest BCUT2D eigenvalue weighted by atomic mass is 9.86. The van der Waals surface area contributed by atoms with Gasteiger partial charge in [0.25, 0.3) is 0 Å². The highest BCUT2D eigenvalue weighted by atomic mass is 16.3. The first-order chi connectivity index (χ1) is 6.91. The Morgan fingerprint density at radius 2 is 2.00 bits per heavy atom. The van der Waals surface area contributed by atoms with E-state index in [1.165, 1.54) is 0 Å². The second-order valence-corrected chi connectivity index (χ2v) is 5.42. The number of nitrogens with zero attached hydrogens (tertiary/aromatic N) is 2. The molecule has 2 atom stereocenters. The summed E-state index contributed by atoms with van der Waals surface area (Å²) >= 11 is 0. The predicted molar refractivity (Wildman–Crippen MR) is 58.7 cm³/mol. The normalized spacial score (nSPS) is 25.4. The van der Waals surface area contributed by atoms with Gasteiger partial charge < -0.3 is 5.11 Å². The number of rotatable bonds is 0. The first kappa shape index (κ1) is 10.6. The second kappa shape index (κ2) is 3.27. The summed E-state index contributed by atoms with van der Waals surface area (Å²) in [7, 11) is 0. The van der Waals surface area contributed by atoms with Gasteiger partial charge in [-0.15, -0.1) is 0 Å². The molecular formula is C12H18N2O. The Kier molecular flexibility index (Phi) is 2.30. The lowest BCUT2D eigenvalue weighted by molar-refractivity contribution is 0.170. The van der Waals surface area contributed by atoms with E-state index in [1.54, 1.807) is 6.33 Å². The van der Waals surface area contributed by atoms with Crippen LogP contribution >= 0.6 is 0 Å². The molecule has 0 aliphatic heterocycles. The molecule has 0 fully saturated rings. The Hall–Kier alpha value is -0.960. The van der Waals surface area contributed by atoms with Crippen LogP contribution < -0.4 is 0 Å². The van der Waals surface area contributed by atoms with Crippen LogP contribution in [0.25, 0.3) is 0 Å². The van der Waals surface area contributed by atoms with E-state index in [0.29, 0.717) is 5.92 Å². The SMILES string of the molecule is C[C@@H]1C[C@H](O)c2ncnc(C(C)(C)C)c21. The van der Waals surface area contributed by atoms with Crippen molar-refractivity contribution in [3.05, 3.63) is 23.3 Å². The fourth-order valence-corrected chi connectivity index (χ4v) is 2.32. The Balaban J connectivity index is 2.61. The molecule has 0 saturated carbocycles. The Labute approximate surface area is 90.6 Å². The van der Waals surface area contributed by atoms with Gasteiger partial charge in [0.1, 0.15) is 6.33 Å². The highest BCUT2D eigenvalue weighted by molar-refractivity contribution is 5.37. The number of aliphatic hydroxyl groups is 1.